The molecule has 5 saturated heterocycles. The van der Waals surface area contributed by atoms with Crippen LogP contribution >= 0.6 is 0 Å². The van der Waals surface area contributed by atoms with Crippen LogP contribution in [-0.2, 0) is 52.9 Å². The van der Waals surface area contributed by atoms with Crippen molar-refractivity contribution < 1.29 is 66.0 Å². The smallest absolute Gasteiger partial charge is 0.343 e. The number of aliphatic hydroxyl groups excluding tert-OH is 1. The van der Waals surface area contributed by atoms with Crippen molar-refractivity contribution in [3.8, 4) is 0 Å². The summed E-state index contributed by atoms with van der Waals surface area (Å²) in [4.78, 5) is 42.1. The summed E-state index contributed by atoms with van der Waals surface area (Å²) >= 11 is 0. The fourth-order valence-electron chi connectivity index (χ4n) is 9.42. The fraction of sp³-hybridized carbons (Fsp3) is 0.889. The van der Waals surface area contributed by atoms with Gasteiger partial charge in [0.2, 0.25) is 11.9 Å². The number of hydrogen-bond acceptors (Lipinski definition) is 14. The van der Waals surface area contributed by atoms with Gasteiger partial charge in [0.15, 0.2) is 17.8 Å². The minimum Gasteiger partial charge on any atom is -0.459 e. The van der Waals surface area contributed by atoms with Gasteiger partial charge in [-0.25, -0.2) is 9.59 Å². The third-order valence-corrected chi connectivity index (χ3v) is 10.8. The van der Waals surface area contributed by atoms with E-state index in [1.54, 1.807) is 0 Å². The number of ether oxygens (including phenoxy) is 6. The third-order valence-electron chi connectivity index (χ3n) is 10.8. The summed E-state index contributed by atoms with van der Waals surface area (Å²) < 4.78 is 61.3. The van der Waals surface area contributed by atoms with Crippen LogP contribution < -0.4 is 0 Å². The zero-order valence-corrected chi connectivity index (χ0v) is 25.5. The summed E-state index contributed by atoms with van der Waals surface area (Å²) in [7, 11) is -3.67. The molecule has 16 heteroatoms. The molecule has 0 aromatic rings. The van der Waals surface area contributed by atoms with Crippen molar-refractivity contribution in [3.63, 3.8) is 0 Å². The highest BCUT2D eigenvalue weighted by molar-refractivity contribution is 7.85. The minimum absolute atomic E-state index is 0.197. The van der Waals surface area contributed by atoms with Crippen LogP contribution in [0.1, 0.15) is 34.1 Å². The van der Waals surface area contributed by atoms with Gasteiger partial charge in [-0.2, -0.15) is 8.42 Å². The number of rotatable bonds is 4. The lowest BCUT2D eigenvalue weighted by atomic mass is 9.51. The van der Waals surface area contributed by atoms with Gasteiger partial charge in [-0.1, -0.05) is 20.8 Å². The molecule has 2 saturated carbocycles. The minimum atomic E-state index is -3.67. The molecule has 43 heavy (non-hydrogen) atoms. The van der Waals surface area contributed by atoms with Crippen LogP contribution in [-0.4, -0.2) is 134 Å². The van der Waals surface area contributed by atoms with Gasteiger partial charge < -0.3 is 38.6 Å². The van der Waals surface area contributed by atoms with Crippen LogP contribution in [0.3, 0.4) is 0 Å². The van der Waals surface area contributed by atoms with Crippen molar-refractivity contribution in [2.75, 3.05) is 45.7 Å². The number of aliphatic hydroxyl groups is 2. The number of fused-ring (bicyclic) bond motifs is 1. The molecular formula is C27H39NO14S. The lowest BCUT2D eigenvalue weighted by Gasteiger charge is -2.48. The molecule has 11 atom stereocenters. The van der Waals surface area contributed by atoms with Gasteiger partial charge in [-0.15, -0.1) is 0 Å². The Morgan fingerprint density at radius 2 is 1.70 bits per heavy atom. The zero-order valence-electron chi connectivity index (χ0n) is 24.7. The third kappa shape index (κ3) is 3.66. The first-order valence-corrected chi connectivity index (χ1v) is 16.3. The lowest BCUT2D eigenvalue weighted by molar-refractivity contribution is -0.240. The Balaban J connectivity index is 0.000000611. The van der Waals surface area contributed by atoms with E-state index in [-0.39, 0.29) is 12.5 Å². The number of nitrogens with zero attached hydrogens (tertiary/aromatic N) is 1. The van der Waals surface area contributed by atoms with E-state index in [0.29, 0.717) is 32.4 Å². The SMILES string of the molecule is CC1C(=O)OC2[C@H](O)C34C5C[C@@H](C(C)(C)C)C36[C@@H](OC(=O)[C@@H]6OCCN3CCOCC3)O[C@@]4(C(=O)O5)[C@@]12O.CS(=O)(=O)O. The van der Waals surface area contributed by atoms with Crippen LogP contribution in [0, 0.1) is 28.1 Å². The average Bonchev–Trinajstić information content (AvgIpc) is 3.61. The molecule has 0 amide bonds. The molecule has 3 N–H and O–H groups in total. The van der Waals surface area contributed by atoms with E-state index in [2.05, 4.69) is 4.90 Å². The molecule has 7 fully saturated rings. The quantitative estimate of drug-likeness (QED) is 0.183. The van der Waals surface area contributed by atoms with Crippen molar-refractivity contribution in [2.45, 2.75) is 76.0 Å². The molecule has 0 radical (unpaired) electrons. The van der Waals surface area contributed by atoms with Gasteiger partial charge in [0.1, 0.15) is 12.2 Å². The van der Waals surface area contributed by atoms with Gasteiger partial charge in [-0.05, 0) is 24.7 Å². The Morgan fingerprint density at radius 1 is 1.07 bits per heavy atom. The average molecular weight is 634 g/mol. The van der Waals surface area contributed by atoms with E-state index in [0.717, 1.165) is 13.1 Å². The molecule has 0 aromatic carbocycles. The highest BCUT2D eigenvalue weighted by Crippen LogP contribution is 2.84. The summed E-state index contributed by atoms with van der Waals surface area (Å²) in [6, 6.07) is 0. The standard InChI is InChI=1S/C26H35NO11.CH4O3S/c1-12-18(29)36-16-15(28)24-14-11-13(22(2,3)4)23(24)17(34-10-7-27-5-8-33-9-6-27)19(30)37-21(23)38-26(24,20(31)35-14)25(12,16)32;1-5(2,3)4/h12-17,21,28,32H,5-11H2,1-4H3;1H3,(H,2,3,4)/t12?,13-,14?,15-,16?,17-,21-,23?,24?,25+,26+;/m0./s1. The first-order valence-electron chi connectivity index (χ1n) is 14.4. The summed E-state index contributed by atoms with van der Waals surface area (Å²) in [5.41, 5.74) is -7.87. The maximum Gasteiger partial charge on any atom is 0.343 e. The number of hydrogen-bond donors (Lipinski definition) is 3. The molecule has 7 aliphatic rings. The monoisotopic (exact) mass is 633 g/mol. The number of carbonyl (C=O) groups excluding carboxylic acids is 3. The summed E-state index contributed by atoms with van der Waals surface area (Å²) in [5, 5.41) is 24.3. The molecular weight excluding hydrogens is 594 g/mol. The van der Waals surface area contributed by atoms with Crippen molar-refractivity contribution >= 4 is 28.0 Å². The van der Waals surface area contributed by atoms with Gasteiger partial charge in [0, 0.05) is 19.6 Å². The van der Waals surface area contributed by atoms with Crippen molar-refractivity contribution in [3.05, 3.63) is 0 Å². The number of morpholine rings is 1. The predicted molar refractivity (Wildman–Crippen MR) is 140 cm³/mol. The number of carbonyl (C=O) groups is 3. The van der Waals surface area contributed by atoms with E-state index in [4.69, 9.17) is 33.0 Å². The second-order valence-corrected chi connectivity index (χ2v) is 15.2. The highest BCUT2D eigenvalue weighted by atomic mass is 32.2. The Morgan fingerprint density at radius 3 is 2.30 bits per heavy atom. The van der Waals surface area contributed by atoms with E-state index in [1.807, 2.05) is 20.8 Å². The molecule has 7 rings (SSSR count). The van der Waals surface area contributed by atoms with Gasteiger partial charge >= 0.3 is 17.9 Å². The van der Waals surface area contributed by atoms with E-state index in [9.17, 15) is 33.0 Å². The van der Waals surface area contributed by atoms with Crippen LogP contribution in [0.2, 0.25) is 0 Å². The molecule has 15 nitrogen and oxygen atoms in total. The first kappa shape index (κ1) is 31.1. The van der Waals surface area contributed by atoms with Crippen LogP contribution in [0.4, 0.5) is 0 Å². The first-order chi connectivity index (χ1) is 19.9. The Hall–Kier alpha value is -1.92. The van der Waals surface area contributed by atoms with E-state index >= 15 is 0 Å². The van der Waals surface area contributed by atoms with E-state index in [1.165, 1.54) is 6.92 Å². The highest BCUT2D eigenvalue weighted by Gasteiger charge is 3.04. The molecule has 0 aromatic heterocycles. The maximum atomic E-state index is 13.8. The molecule has 0 bridgehead atoms. The molecule has 5 aliphatic heterocycles. The predicted octanol–water partition coefficient (Wildman–Crippen LogP) is -1.51. The molecule has 2 spiro atoms. The zero-order chi connectivity index (χ0) is 31.5. The molecule has 242 valence electrons. The fourth-order valence-corrected chi connectivity index (χ4v) is 9.42. The Bertz CT molecular complexity index is 1320. The van der Waals surface area contributed by atoms with Gasteiger partial charge in [0.05, 0.1) is 42.8 Å². The lowest BCUT2D eigenvalue weighted by Crippen LogP contribution is -2.67. The molecule has 2 aliphatic carbocycles. The van der Waals surface area contributed by atoms with Gasteiger partial charge in [0.25, 0.3) is 10.1 Å². The van der Waals surface area contributed by atoms with Crippen LogP contribution in [0.5, 0.6) is 0 Å². The van der Waals surface area contributed by atoms with Crippen molar-refractivity contribution in [1.82, 2.24) is 4.90 Å². The topological polar surface area (TPSA) is 205 Å². The Kier molecular flexibility index (Phi) is 6.90. The Labute approximate surface area is 248 Å². The second-order valence-electron chi connectivity index (χ2n) is 13.7. The summed E-state index contributed by atoms with van der Waals surface area (Å²) in [5.74, 6) is -3.82. The van der Waals surface area contributed by atoms with Crippen molar-refractivity contribution in [2.24, 2.45) is 28.1 Å². The maximum absolute atomic E-state index is 13.8. The largest absolute Gasteiger partial charge is 0.459 e. The molecule has 5 heterocycles. The van der Waals surface area contributed by atoms with Crippen LogP contribution in [0.25, 0.3) is 0 Å². The molecule has 5 unspecified atom stereocenters. The summed E-state index contributed by atoms with van der Waals surface area (Å²) in [6.07, 6.45) is -5.35. The van der Waals surface area contributed by atoms with E-state index < -0.39 is 92.1 Å². The van der Waals surface area contributed by atoms with Crippen LogP contribution in [0.15, 0.2) is 0 Å². The number of esters is 3. The summed E-state index contributed by atoms with van der Waals surface area (Å²) in [6.45, 7) is 11.0. The normalized spacial score (nSPS) is 48.1. The van der Waals surface area contributed by atoms with Crippen molar-refractivity contribution in [1.29, 1.82) is 0 Å². The second kappa shape index (κ2) is 9.55. The van der Waals surface area contributed by atoms with Gasteiger partial charge in [-0.3, -0.25) is 14.2 Å².